The Bertz CT molecular complexity index is 547. The van der Waals surface area contributed by atoms with Gasteiger partial charge in [-0.2, -0.15) is 0 Å². The average molecular weight is 400 g/mol. The van der Waals surface area contributed by atoms with Crippen LogP contribution in [0.25, 0.3) is 0 Å². The van der Waals surface area contributed by atoms with Crippen LogP contribution < -0.4 is 5.32 Å². The van der Waals surface area contributed by atoms with E-state index in [4.69, 9.17) is 0 Å². The molecule has 0 heterocycles. The van der Waals surface area contributed by atoms with Crippen LogP contribution >= 0.6 is 0 Å². The van der Waals surface area contributed by atoms with E-state index in [9.17, 15) is 4.79 Å². The molecule has 0 aromatic heterocycles. The molecule has 0 aliphatic heterocycles. The molecular formula is C27H45NO. The highest BCUT2D eigenvalue weighted by atomic mass is 16.1. The van der Waals surface area contributed by atoms with E-state index >= 15 is 0 Å². The SMILES string of the molecule is CCCCCCCC/C=C\CCCCCCCC(=O)NC(C)(C)c1ccccc1. The molecule has 0 atom stereocenters. The lowest BCUT2D eigenvalue weighted by Gasteiger charge is -2.27. The largest absolute Gasteiger partial charge is 0.347 e. The standard InChI is InChI=1S/C27H45NO/c1-4-5-6-7-8-9-10-11-12-13-14-15-16-17-21-24-26(29)28-27(2,3)25-22-19-18-20-23-25/h11-12,18-20,22-23H,4-10,13-17,21,24H2,1-3H3,(H,28,29)/b12-11-. The Labute approximate surface area is 180 Å². The van der Waals surface area contributed by atoms with Gasteiger partial charge < -0.3 is 5.32 Å². The van der Waals surface area contributed by atoms with Gasteiger partial charge in [0.2, 0.25) is 5.91 Å². The maximum Gasteiger partial charge on any atom is 0.220 e. The summed E-state index contributed by atoms with van der Waals surface area (Å²) in [6.07, 6.45) is 22.1. The minimum absolute atomic E-state index is 0.163. The van der Waals surface area contributed by atoms with Crippen molar-refractivity contribution in [1.29, 1.82) is 0 Å². The van der Waals surface area contributed by atoms with E-state index in [0.717, 1.165) is 18.4 Å². The van der Waals surface area contributed by atoms with Crippen molar-refractivity contribution in [2.75, 3.05) is 0 Å². The quantitative estimate of drug-likeness (QED) is 0.208. The molecule has 2 heteroatoms. The normalized spacial score (nSPS) is 11.8. The Balaban J connectivity index is 1.95. The molecule has 0 saturated carbocycles. The molecule has 0 bridgehead atoms. The number of nitrogens with one attached hydrogen (secondary N) is 1. The zero-order chi connectivity index (χ0) is 21.2. The Morgan fingerprint density at radius 1 is 0.793 bits per heavy atom. The lowest BCUT2D eigenvalue weighted by Crippen LogP contribution is -2.40. The van der Waals surface area contributed by atoms with Crippen molar-refractivity contribution in [2.24, 2.45) is 0 Å². The summed E-state index contributed by atoms with van der Waals surface area (Å²) >= 11 is 0. The molecule has 0 radical (unpaired) electrons. The summed E-state index contributed by atoms with van der Waals surface area (Å²) in [6, 6.07) is 10.2. The van der Waals surface area contributed by atoms with Crippen molar-refractivity contribution in [3.05, 3.63) is 48.0 Å². The zero-order valence-corrected chi connectivity index (χ0v) is 19.3. The molecule has 1 N–H and O–H groups in total. The average Bonchev–Trinajstić information content (AvgIpc) is 2.71. The number of rotatable bonds is 17. The van der Waals surface area contributed by atoms with Crippen LogP contribution in [-0.4, -0.2) is 5.91 Å². The molecule has 164 valence electrons. The maximum absolute atomic E-state index is 12.2. The topological polar surface area (TPSA) is 29.1 Å². The summed E-state index contributed by atoms with van der Waals surface area (Å²) in [5.41, 5.74) is 0.845. The Morgan fingerprint density at radius 3 is 1.90 bits per heavy atom. The van der Waals surface area contributed by atoms with Crippen LogP contribution in [0.5, 0.6) is 0 Å². The van der Waals surface area contributed by atoms with E-state index in [1.54, 1.807) is 0 Å². The van der Waals surface area contributed by atoms with Crippen molar-refractivity contribution in [3.8, 4) is 0 Å². The van der Waals surface area contributed by atoms with Gasteiger partial charge in [0.25, 0.3) is 0 Å². The van der Waals surface area contributed by atoms with Gasteiger partial charge in [-0.25, -0.2) is 0 Å². The predicted octanol–water partition coefficient (Wildman–Crippen LogP) is 8.08. The number of hydrogen-bond donors (Lipinski definition) is 1. The minimum atomic E-state index is -0.305. The number of unbranched alkanes of at least 4 members (excludes halogenated alkanes) is 11. The van der Waals surface area contributed by atoms with Crippen LogP contribution in [-0.2, 0) is 10.3 Å². The Morgan fingerprint density at radius 2 is 1.31 bits per heavy atom. The van der Waals surface area contributed by atoms with Gasteiger partial charge in [-0.05, 0) is 51.5 Å². The van der Waals surface area contributed by atoms with Gasteiger partial charge in [0.05, 0.1) is 5.54 Å². The highest BCUT2D eigenvalue weighted by molar-refractivity contribution is 5.76. The summed E-state index contributed by atoms with van der Waals surface area (Å²) in [5.74, 6) is 0.163. The predicted molar refractivity (Wildman–Crippen MR) is 127 cm³/mol. The van der Waals surface area contributed by atoms with Crippen LogP contribution in [0.4, 0.5) is 0 Å². The molecule has 0 spiro atoms. The van der Waals surface area contributed by atoms with E-state index in [1.807, 2.05) is 18.2 Å². The highest BCUT2D eigenvalue weighted by Crippen LogP contribution is 2.20. The van der Waals surface area contributed by atoms with Crippen LogP contribution in [0.15, 0.2) is 42.5 Å². The summed E-state index contributed by atoms with van der Waals surface area (Å²) in [6.45, 7) is 6.41. The fourth-order valence-electron chi connectivity index (χ4n) is 3.69. The van der Waals surface area contributed by atoms with Crippen molar-refractivity contribution in [3.63, 3.8) is 0 Å². The Kier molecular flexibility index (Phi) is 14.3. The van der Waals surface area contributed by atoms with Crippen LogP contribution in [0.3, 0.4) is 0 Å². The van der Waals surface area contributed by atoms with Crippen LogP contribution in [0.1, 0.15) is 116 Å². The molecule has 0 saturated heterocycles. The summed E-state index contributed by atoms with van der Waals surface area (Å²) in [7, 11) is 0. The second kappa shape index (κ2) is 16.3. The first-order chi connectivity index (χ1) is 14.1. The molecule has 1 aromatic rings. The number of benzene rings is 1. The fraction of sp³-hybridized carbons (Fsp3) is 0.667. The van der Waals surface area contributed by atoms with Gasteiger partial charge in [0, 0.05) is 6.42 Å². The second-order valence-corrected chi connectivity index (χ2v) is 8.87. The molecule has 0 fully saturated rings. The molecule has 0 aliphatic carbocycles. The summed E-state index contributed by atoms with van der Waals surface area (Å²) in [5, 5.41) is 3.17. The molecule has 1 rings (SSSR count). The maximum atomic E-state index is 12.2. The van der Waals surface area contributed by atoms with Crippen molar-refractivity contribution < 1.29 is 4.79 Å². The van der Waals surface area contributed by atoms with Gasteiger partial charge >= 0.3 is 0 Å². The van der Waals surface area contributed by atoms with E-state index in [2.05, 4.69) is 50.4 Å². The van der Waals surface area contributed by atoms with Gasteiger partial charge in [0.15, 0.2) is 0 Å². The molecular weight excluding hydrogens is 354 g/mol. The zero-order valence-electron chi connectivity index (χ0n) is 19.3. The van der Waals surface area contributed by atoms with Crippen LogP contribution in [0.2, 0.25) is 0 Å². The Hall–Kier alpha value is -1.57. The molecule has 1 amide bonds. The monoisotopic (exact) mass is 399 g/mol. The number of carbonyl (C=O) groups excluding carboxylic acids is 1. The van der Waals surface area contributed by atoms with E-state index < -0.39 is 0 Å². The van der Waals surface area contributed by atoms with E-state index in [1.165, 1.54) is 70.6 Å². The summed E-state index contributed by atoms with van der Waals surface area (Å²) in [4.78, 5) is 12.2. The first-order valence-electron chi connectivity index (χ1n) is 12.1. The van der Waals surface area contributed by atoms with Crippen molar-refractivity contribution >= 4 is 5.91 Å². The third-order valence-corrected chi connectivity index (χ3v) is 5.61. The molecule has 2 nitrogen and oxygen atoms in total. The first kappa shape index (κ1) is 25.5. The van der Waals surface area contributed by atoms with Gasteiger partial charge in [-0.15, -0.1) is 0 Å². The van der Waals surface area contributed by atoms with Gasteiger partial charge in [-0.1, -0.05) is 101 Å². The molecule has 29 heavy (non-hydrogen) atoms. The fourth-order valence-corrected chi connectivity index (χ4v) is 3.69. The molecule has 1 aromatic carbocycles. The molecule has 0 unspecified atom stereocenters. The lowest BCUT2D eigenvalue weighted by molar-refractivity contribution is -0.122. The van der Waals surface area contributed by atoms with Crippen LogP contribution in [0, 0.1) is 0 Å². The number of hydrogen-bond acceptors (Lipinski definition) is 1. The smallest absolute Gasteiger partial charge is 0.220 e. The first-order valence-corrected chi connectivity index (χ1v) is 12.1. The summed E-state index contributed by atoms with van der Waals surface area (Å²) < 4.78 is 0. The second-order valence-electron chi connectivity index (χ2n) is 8.87. The number of allylic oxidation sites excluding steroid dienone is 2. The van der Waals surface area contributed by atoms with Crippen molar-refractivity contribution in [1.82, 2.24) is 5.32 Å². The minimum Gasteiger partial charge on any atom is -0.347 e. The van der Waals surface area contributed by atoms with Crippen molar-refractivity contribution in [2.45, 2.75) is 116 Å². The number of carbonyl (C=O) groups is 1. The molecule has 0 aliphatic rings. The third-order valence-electron chi connectivity index (χ3n) is 5.61. The van der Waals surface area contributed by atoms with E-state index in [0.29, 0.717) is 6.42 Å². The van der Waals surface area contributed by atoms with Gasteiger partial charge in [-0.3, -0.25) is 4.79 Å². The number of amides is 1. The third kappa shape index (κ3) is 13.3. The lowest BCUT2D eigenvalue weighted by atomic mass is 9.94. The van der Waals surface area contributed by atoms with Gasteiger partial charge in [0.1, 0.15) is 0 Å². The highest BCUT2D eigenvalue weighted by Gasteiger charge is 2.21. The van der Waals surface area contributed by atoms with E-state index in [-0.39, 0.29) is 11.4 Å².